The van der Waals surface area contributed by atoms with Crippen LogP contribution in [0.3, 0.4) is 0 Å². The van der Waals surface area contributed by atoms with E-state index >= 15 is 0 Å². The zero-order chi connectivity index (χ0) is 18.1. The summed E-state index contributed by atoms with van der Waals surface area (Å²) in [6, 6.07) is 15.4. The quantitative estimate of drug-likeness (QED) is 0.720. The molecule has 2 aromatic carbocycles. The normalized spacial score (nSPS) is 16.9. The third kappa shape index (κ3) is 2.94. The molecule has 26 heavy (non-hydrogen) atoms. The molecule has 0 N–H and O–H groups in total. The minimum Gasteiger partial charge on any atom is -0.496 e. The zero-order valence-electron chi connectivity index (χ0n) is 14.7. The van der Waals surface area contributed by atoms with Crippen LogP contribution in [0.4, 0.5) is 5.69 Å². The molecule has 1 fully saturated rings. The zero-order valence-corrected chi connectivity index (χ0v) is 14.7. The van der Waals surface area contributed by atoms with E-state index < -0.39 is 0 Å². The highest BCUT2D eigenvalue weighted by molar-refractivity contribution is 5.96. The van der Waals surface area contributed by atoms with E-state index in [4.69, 9.17) is 9.26 Å². The fraction of sp³-hybridized carbons (Fsp3) is 0.250. The lowest BCUT2D eigenvalue weighted by Gasteiger charge is -2.16. The summed E-state index contributed by atoms with van der Waals surface area (Å²) < 4.78 is 10.8. The summed E-state index contributed by atoms with van der Waals surface area (Å²) in [4.78, 5) is 18.7. The number of benzene rings is 2. The molecule has 6 nitrogen and oxygen atoms in total. The molecule has 0 unspecified atom stereocenters. The molecule has 0 spiro atoms. The van der Waals surface area contributed by atoms with Crippen LogP contribution in [-0.4, -0.2) is 29.7 Å². The van der Waals surface area contributed by atoms with Crippen molar-refractivity contribution in [1.82, 2.24) is 10.1 Å². The monoisotopic (exact) mass is 349 g/mol. The van der Waals surface area contributed by atoms with Gasteiger partial charge in [0.1, 0.15) is 5.75 Å². The largest absolute Gasteiger partial charge is 0.496 e. The first kappa shape index (κ1) is 16.3. The SMILES string of the molecule is COc1ccccc1-c1nc([C@@H]2CC(=O)N(c3ccc(C)cc3)C2)no1. The van der Waals surface area contributed by atoms with Crippen molar-refractivity contribution in [3.63, 3.8) is 0 Å². The van der Waals surface area contributed by atoms with Crippen molar-refractivity contribution >= 4 is 11.6 Å². The number of methoxy groups -OCH3 is 1. The predicted octanol–water partition coefficient (Wildman–Crippen LogP) is 3.57. The highest BCUT2D eigenvalue weighted by atomic mass is 16.5. The first-order valence-electron chi connectivity index (χ1n) is 8.49. The molecule has 0 saturated carbocycles. The summed E-state index contributed by atoms with van der Waals surface area (Å²) in [6.45, 7) is 2.57. The summed E-state index contributed by atoms with van der Waals surface area (Å²) in [5.74, 6) is 1.61. The van der Waals surface area contributed by atoms with Crippen LogP contribution in [0, 0.1) is 6.92 Å². The first-order valence-corrected chi connectivity index (χ1v) is 8.49. The van der Waals surface area contributed by atoms with E-state index in [1.807, 2.05) is 55.5 Å². The molecular formula is C20H19N3O3. The Hall–Kier alpha value is -3.15. The number of amides is 1. The Kier molecular flexibility index (Phi) is 4.16. The van der Waals surface area contributed by atoms with Gasteiger partial charge in [0.2, 0.25) is 5.91 Å². The van der Waals surface area contributed by atoms with Gasteiger partial charge in [0.25, 0.3) is 5.89 Å². The highest BCUT2D eigenvalue weighted by Gasteiger charge is 2.34. The molecule has 1 saturated heterocycles. The predicted molar refractivity (Wildman–Crippen MR) is 97.2 cm³/mol. The van der Waals surface area contributed by atoms with Gasteiger partial charge in [-0.05, 0) is 31.2 Å². The third-order valence-corrected chi connectivity index (χ3v) is 4.61. The van der Waals surface area contributed by atoms with E-state index in [1.54, 1.807) is 12.0 Å². The lowest BCUT2D eigenvalue weighted by molar-refractivity contribution is -0.117. The molecule has 1 amide bonds. The lowest BCUT2D eigenvalue weighted by Crippen LogP contribution is -2.24. The maximum absolute atomic E-state index is 12.4. The molecule has 132 valence electrons. The number of carbonyl (C=O) groups excluding carboxylic acids is 1. The topological polar surface area (TPSA) is 68.5 Å². The highest BCUT2D eigenvalue weighted by Crippen LogP contribution is 2.33. The minimum atomic E-state index is -0.0870. The fourth-order valence-corrected chi connectivity index (χ4v) is 3.19. The standard InChI is InChI=1S/C20H19N3O3/c1-13-7-9-15(10-8-13)23-12-14(11-18(23)24)19-21-20(26-22-19)16-5-3-4-6-17(16)25-2/h3-10,14H,11-12H2,1-2H3/t14-/m1/s1. The minimum absolute atomic E-state index is 0.0718. The van der Waals surface area contributed by atoms with Crippen LogP contribution >= 0.6 is 0 Å². The smallest absolute Gasteiger partial charge is 0.261 e. The van der Waals surface area contributed by atoms with Crippen LogP contribution in [0.5, 0.6) is 5.75 Å². The molecule has 4 rings (SSSR count). The van der Waals surface area contributed by atoms with Crippen molar-refractivity contribution < 1.29 is 14.1 Å². The Labute approximate surface area is 151 Å². The van der Waals surface area contributed by atoms with Gasteiger partial charge in [-0.15, -0.1) is 0 Å². The summed E-state index contributed by atoms with van der Waals surface area (Å²) >= 11 is 0. The molecule has 1 atom stereocenters. The van der Waals surface area contributed by atoms with Crippen LogP contribution in [0.2, 0.25) is 0 Å². The van der Waals surface area contributed by atoms with Gasteiger partial charge in [-0.25, -0.2) is 0 Å². The van der Waals surface area contributed by atoms with E-state index in [9.17, 15) is 4.79 Å². The van der Waals surface area contributed by atoms with Crippen molar-refractivity contribution in [1.29, 1.82) is 0 Å². The van der Waals surface area contributed by atoms with Crippen molar-refractivity contribution in [3.05, 3.63) is 59.9 Å². The average Bonchev–Trinajstić information content (AvgIpc) is 3.29. The lowest BCUT2D eigenvalue weighted by atomic mass is 10.1. The van der Waals surface area contributed by atoms with Crippen LogP contribution in [0.1, 0.15) is 23.7 Å². The van der Waals surface area contributed by atoms with Crippen molar-refractivity contribution in [2.24, 2.45) is 0 Å². The number of hydrogen-bond acceptors (Lipinski definition) is 5. The number of hydrogen-bond donors (Lipinski definition) is 0. The van der Waals surface area contributed by atoms with E-state index in [0.717, 1.165) is 16.8 Å². The van der Waals surface area contributed by atoms with Gasteiger partial charge >= 0.3 is 0 Å². The molecule has 6 heteroatoms. The van der Waals surface area contributed by atoms with E-state index in [-0.39, 0.29) is 11.8 Å². The Bertz CT molecular complexity index is 933. The molecule has 1 aliphatic rings. The van der Waals surface area contributed by atoms with E-state index in [1.165, 1.54) is 0 Å². The number of ether oxygens (including phenoxy) is 1. The second-order valence-electron chi connectivity index (χ2n) is 6.40. The van der Waals surface area contributed by atoms with Crippen molar-refractivity contribution in [3.8, 4) is 17.2 Å². The van der Waals surface area contributed by atoms with Gasteiger partial charge in [-0.2, -0.15) is 4.98 Å². The van der Waals surface area contributed by atoms with Crippen LogP contribution in [0.25, 0.3) is 11.5 Å². The number of aryl methyl sites for hydroxylation is 1. The van der Waals surface area contributed by atoms with Crippen LogP contribution in [0.15, 0.2) is 53.1 Å². The Morgan fingerprint density at radius 3 is 2.69 bits per heavy atom. The summed E-state index contributed by atoms with van der Waals surface area (Å²) in [7, 11) is 1.60. The van der Waals surface area contributed by atoms with Gasteiger partial charge in [-0.1, -0.05) is 35.0 Å². The van der Waals surface area contributed by atoms with Gasteiger partial charge in [0.05, 0.1) is 12.7 Å². The Balaban J connectivity index is 1.57. The fourth-order valence-electron chi connectivity index (χ4n) is 3.19. The van der Waals surface area contributed by atoms with Gasteiger partial charge < -0.3 is 14.2 Å². The van der Waals surface area contributed by atoms with Gasteiger partial charge in [-0.3, -0.25) is 4.79 Å². The number of aromatic nitrogens is 2. The second kappa shape index (κ2) is 6.63. The number of para-hydroxylation sites is 1. The number of rotatable bonds is 4. The molecule has 0 aliphatic carbocycles. The van der Waals surface area contributed by atoms with Crippen molar-refractivity contribution in [2.75, 3.05) is 18.6 Å². The van der Waals surface area contributed by atoms with E-state index in [2.05, 4.69) is 10.1 Å². The average molecular weight is 349 g/mol. The number of carbonyl (C=O) groups is 1. The third-order valence-electron chi connectivity index (χ3n) is 4.61. The van der Waals surface area contributed by atoms with Gasteiger partial charge in [0, 0.05) is 24.6 Å². The second-order valence-corrected chi connectivity index (χ2v) is 6.40. The molecular weight excluding hydrogens is 330 g/mol. The molecule has 0 radical (unpaired) electrons. The Morgan fingerprint density at radius 1 is 1.15 bits per heavy atom. The van der Waals surface area contributed by atoms with Crippen LogP contribution < -0.4 is 9.64 Å². The maximum atomic E-state index is 12.4. The summed E-state index contributed by atoms with van der Waals surface area (Å²) in [6.07, 6.45) is 0.374. The van der Waals surface area contributed by atoms with Crippen molar-refractivity contribution in [2.45, 2.75) is 19.3 Å². The summed E-state index contributed by atoms with van der Waals surface area (Å²) in [5.41, 5.74) is 2.81. The Morgan fingerprint density at radius 2 is 1.92 bits per heavy atom. The van der Waals surface area contributed by atoms with Crippen LogP contribution in [-0.2, 0) is 4.79 Å². The molecule has 1 aliphatic heterocycles. The molecule has 3 aromatic rings. The summed E-state index contributed by atoms with van der Waals surface area (Å²) in [5, 5.41) is 4.11. The molecule has 1 aromatic heterocycles. The molecule has 0 bridgehead atoms. The molecule has 2 heterocycles. The van der Waals surface area contributed by atoms with Gasteiger partial charge in [0.15, 0.2) is 5.82 Å². The number of anilines is 1. The first-order chi connectivity index (χ1) is 12.7. The van der Waals surface area contributed by atoms with E-state index in [0.29, 0.717) is 30.4 Å². The number of nitrogens with zero attached hydrogens (tertiary/aromatic N) is 3. The maximum Gasteiger partial charge on any atom is 0.261 e.